The minimum absolute atomic E-state index is 0.115. The molecule has 0 aliphatic rings. The number of hydrogen-bond acceptors (Lipinski definition) is 1. The largest absolute Gasteiger partial charge is 0.292 e. The number of para-hydroxylation sites is 3. The van der Waals surface area contributed by atoms with E-state index in [0.717, 1.165) is 43.8 Å². The van der Waals surface area contributed by atoms with Gasteiger partial charge in [-0.15, -0.1) is 32.8 Å². The number of fused-ring (bicyclic) bond motifs is 3. The zero-order valence-corrected chi connectivity index (χ0v) is 27.4. The topological polar surface area (TPSA) is 17.8 Å². The zero-order valence-electron chi connectivity index (χ0n) is 27.4. The van der Waals surface area contributed by atoms with Gasteiger partial charge in [-0.05, 0) is 74.1 Å². The summed E-state index contributed by atoms with van der Waals surface area (Å²) in [5.74, 6) is 0.710. The van der Waals surface area contributed by atoms with Crippen LogP contribution in [0.2, 0.25) is 0 Å². The maximum absolute atomic E-state index is 6.78. The molecule has 51 heavy (non-hydrogen) atoms. The molecule has 2 nitrogen and oxygen atoms in total. The van der Waals surface area contributed by atoms with E-state index in [2.05, 4.69) is 4.57 Å². The third-order valence-corrected chi connectivity index (χ3v) is 9.76. The minimum Gasteiger partial charge on any atom is -0.292 e. The molecule has 8 rings (SSSR count). The Balaban J connectivity index is 1.59. The molecule has 0 aliphatic carbocycles. The number of hydrogen-bond donors (Lipinski definition) is 0. The number of rotatable bonds is 4. The van der Waals surface area contributed by atoms with Crippen molar-refractivity contribution in [3.63, 3.8) is 0 Å². The second-order valence-electron chi connectivity index (χ2n) is 12.5. The molecule has 0 unspecified atom stereocenters. The highest BCUT2D eigenvalue weighted by molar-refractivity contribution is 6.70. The summed E-state index contributed by atoms with van der Waals surface area (Å²) in [5.41, 5.74) is 7.35. The summed E-state index contributed by atoms with van der Waals surface area (Å²) in [6.45, 7) is 0. The highest BCUT2D eigenvalue weighted by Crippen LogP contribution is 2.43. The molecular formula is C39H16B10N2. The van der Waals surface area contributed by atoms with E-state index in [4.69, 9.17) is 83.4 Å². The van der Waals surface area contributed by atoms with Crippen LogP contribution in [0.15, 0.2) is 97.1 Å². The molecule has 12 heteroatoms. The summed E-state index contributed by atoms with van der Waals surface area (Å²) < 4.78 is 2.12. The van der Waals surface area contributed by atoms with Crippen LogP contribution < -0.4 is 54.6 Å². The SMILES string of the molecule is [B]c1c([B])c([B])c(-c2c3ccccc3c(-c3c([B])c([B])c([B])c([B])c3[B])c3cc(-c4nc5ccccc5n4-c4ccccc4)ccc23)c([B])c1[B]. The van der Waals surface area contributed by atoms with E-state index in [1.165, 1.54) is 0 Å². The minimum atomic E-state index is 0.115. The van der Waals surface area contributed by atoms with Gasteiger partial charge in [0, 0.05) is 11.3 Å². The van der Waals surface area contributed by atoms with Crippen molar-refractivity contribution in [2.45, 2.75) is 0 Å². The quantitative estimate of drug-likeness (QED) is 0.169. The highest BCUT2D eigenvalue weighted by atomic mass is 15.1. The lowest BCUT2D eigenvalue weighted by Crippen LogP contribution is -2.55. The van der Waals surface area contributed by atoms with Crippen molar-refractivity contribution in [1.82, 2.24) is 9.55 Å². The number of benzene rings is 7. The van der Waals surface area contributed by atoms with Crippen molar-refractivity contribution in [3.8, 4) is 39.3 Å². The van der Waals surface area contributed by atoms with Crippen LogP contribution in [0, 0.1) is 0 Å². The van der Waals surface area contributed by atoms with Crippen LogP contribution in [-0.4, -0.2) is 88.0 Å². The van der Waals surface area contributed by atoms with Gasteiger partial charge >= 0.3 is 0 Å². The van der Waals surface area contributed by atoms with Gasteiger partial charge < -0.3 is 0 Å². The lowest BCUT2D eigenvalue weighted by Gasteiger charge is -2.27. The Morgan fingerprint density at radius 1 is 0.373 bits per heavy atom. The first-order valence-corrected chi connectivity index (χ1v) is 16.1. The average molecular weight is 621 g/mol. The fraction of sp³-hybridized carbons (Fsp3) is 0. The van der Waals surface area contributed by atoms with Crippen molar-refractivity contribution in [3.05, 3.63) is 97.1 Å². The molecule has 8 aromatic rings. The molecule has 1 aromatic heterocycles. The first-order valence-electron chi connectivity index (χ1n) is 16.1. The van der Waals surface area contributed by atoms with Crippen LogP contribution in [-0.2, 0) is 0 Å². The predicted molar refractivity (Wildman–Crippen MR) is 226 cm³/mol. The fourth-order valence-corrected chi connectivity index (χ4v) is 7.15. The molecule has 0 atom stereocenters. The Hall–Kier alpha value is -4.82. The summed E-state index contributed by atoms with van der Waals surface area (Å²) >= 11 is 0. The van der Waals surface area contributed by atoms with Crippen LogP contribution in [0.25, 0.3) is 71.9 Å². The van der Waals surface area contributed by atoms with Gasteiger partial charge in [-0.25, -0.2) is 4.98 Å². The van der Waals surface area contributed by atoms with Crippen LogP contribution >= 0.6 is 0 Å². The van der Waals surface area contributed by atoms with E-state index in [-0.39, 0.29) is 54.6 Å². The van der Waals surface area contributed by atoms with Crippen LogP contribution in [0.1, 0.15) is 0 Å². The summed E-state index contributed by atoms with van der Waals surface area (Å²) in [6, 6.07) is 31.8. The molecule has 0 aliphatic heterocycles. The van der Waals surface area contributed by atoms with Crippen molar-refractivity contribution >= 4 is 166 Å². The molecule has 0 saturated carbocycles. The molecular weight excluding hydrogens is 605 g/mol. The third-order valence-electron chi connectivity index (χ3n) is 9.76. The van der Waals surface area contributed by atoms with Gasteiger partial charge in [0.05, 0.1) is 11.0 Å². The molecule has 212 valence electrons. The van der Waals surface area contributed by atoms with E-state index in [0.29, 0.717) is 28.1 Å². The van der Waals surface area contributed by atoms with Crippen LogP contribution in [0.5, 0.6) is 0 Å². The Morgan fingerprint density at radius 2 is 0.804 bits per heavy atom. The van der Waals surface area contributed by atoms with E-state index >= 15 is 0 Å². The van der Waals surface area contributed by atoms with Gasteiger partial charge in [0.25, 0.3) is 0 Å². The van der Waals surface area contributed by atoms with E-state index in [1.807, 2.05) is 97.1 Å². The highest BCUT2D eigenvalue weighted by Gasteiger charge is 2.24. The van der Waals surface area contributed by atoms with Gasteiger partial charge in [-0.1, -0.05) is 88.6 Å². The average Bonchev–Trinajstić information content (AvgIpc) is 3.55. The number of aromatic nitrogens is 2. The molecule has 0 fully saturated rings. The molecule has 0 amide bonds. The summed E-state index contributed by atoms with van der Waals surface area (Å²) in [7, 11) is 65.3. The summed E-state index contributed by atoms with van der Waals surface area (Å²) in [4.78, 5) is 5.12. The van der Waals surface area contributed by atoms with Gasteiger partial charge in [0.2, 0.25) is 0 Å². The Morgan fingerprint density at radius 3 is 1.35 bits per heavy atom. The summed E-state index contributed by atoms with van der Waals surface area (Å²) in [5, 5.41) is 2.98. The molecule has 7 aromatic carbocycles. The normalized spacial score (nSPS) is 11.5. The van der Waals surface area contributed by atoms with E-state index in [9.17, 15) is 0 Å². The lowest BCUT2D eigenvalue weighted by atomic mass is 9.58. The smallest absolute Gasteiger partial charge is 0.145 e. The zero-order chi connectivity index (χ0) is 35.9. The monoisotopic (exact) mass is 622 g/mol. The van der Waals surface area contributed by atoms with Gasteiger partial charge in [-0.2, -0.15) is 0 Å². The van der Waals surface area contributed by atoms with E-state index < -0.39 is 0 Å². The second kappa shape index (κ2) is 12.4. The number of nitrogens with zero attached hydrogens (tertiary/aromatic N) is 2. The Labute approximate surface area is 310 Å². The van der Waals surface area contributed by atoms with Crippen molar-refractivity contribution < 1.29 is 0 Å². The molecule has 0 bridgehead atoms. The van der Waals surface area contributed by atoms with Gasteiger partial charge in [-0.3, -0.25) is 4.57 Å². The molecule has 1 heterocycles. The Bertz CT molecular complexity index is 2700. The second-order valence-corrected chi connectivity index (χ2v) is 12.5. The standard InChI is InChI=1S/C39H16B10N2/c40-29-27(30(41)34(45)37(48)33(29)44)25-19-10-4-5-11-20(19)26(28-31(42)35(46)38(49)36(47)32(28)43)22-16-17(14-15-21(22)25)39-50-23-12-6-7-13-24(23)51(39)18-8-2-1-3-9-18/h1-16H. The van der Waals surface area contributed by atoms with Gasteiger partial charge in [0.15, 0.2) is 0 Å². The first kappa shape index (κ1) is 33.3. The van der Waals surface area contributed by atoms with Gasteiger partial charge in [0.1, 0.15) is 84.3 Å². The summed E-state index contributed by atoms with van der Waals surface area (Å²) in [6.07, 6.45) is 0. The number of imidazole rings is 1. The predicted octanol–water partition coefficient (Wildman–Crippen LogP) is -1.73. The van der Waals surface area contributed by atoms with Crippen molar-refractivity contribution in [2.24, 2.45) is 0 Å². The van der Waals surface area contributed by atoms with Crippen molar-refractivity contribution in [1.29, 1.82) is 0 Å². The lowest BCUT2D eigenvalue weighted by molar-refractivity contribution is 1.10. The molecule has 0 spiro atoms. The fourth-order valence-electron chi connectivity index (χ4n) is 7.15. The molecule has 0 saturated heterocycles. The van der Waals surface area contributed by atoms with Crippen molar-refractivity contribution in [2.75, 3.05) is 0 Å². The van der Waals surface area contributed by atoms with E-state index in [1.54, 1.807) is 0 Å². The molecule has 20 radical (unpaired) electrons. The Kier molecular flexibility index (Phi) is 8.13. The maximum Gasteiger partial charge on any atom is 0.145 e. The van der Waals surface area contributed by atoms with Crippen LogP contribution in [0.3, 0.4) is 0 Å². The third kappa shape index (κ3) is 4.97. The first-order chi connectivity index (χ1) is 24.5. The van der Waals surface area contributed by atoms with Crippen LogP contribution in [0.4, 0.5) is 0 Å². The molecule has 0 N–H and O–H groups in total. The maximum atomic E-state index is 6.78.